The summed E-state index contributed by atoms with van der Waals surface area (Å²) in [4.78, 5) is 18.9. The lowest BCUT2D eigenvalue weighted by molar-refractivity contribution is -0.137. The highest BCUT2D eigenvalue weighted by Gasteiger charge is 2.15. The molecule has 0 fully saturated rings. The van der Waals surface area contributed by atoms with Crippen LogP contribution in [0.4, 0.5) is 0 Å². The Labute approximate surface area is 67.9 Å². The van der Waals surface area contributed by atoms with Gasteiger partial charge in [-0.05, 0) is 0 Å². The highest BCUT2D eigenvalue weighted by atomic mass is 79.9. The van der Waals surface area contributed by atoms with Crippen LogP contribution in [-0.2, 0) is 9.59 Å². The minimum Gasteiger partial charge on any atom is -0.480 e. The van der Waals surface area contributed by atoms with E-state index in [1.165, 1.54) is 0 Å². The summed E-state index contributed by atoms with van der Waals surface area (Å²) in [5, 5.41) is 8.36. The maximum absolute atomic E-state index is 10.6. The molecule has 0 aromatic carbocycles. The van der Waals surface area contributed by atoms with Gasteiger partial charge in [0.15, 0.2) is 0 Å². The smallest absolute Gasteiger partial charge is 0.317 e. The predicted molar refractivity (Wildman–Crippen MR) is 39.0 cm³/mol. The largest absolute Gasteiger partial charge is 0.480 e. The zero-order valence-electron chi connectivity index (χ0n) is 6.13. The van der Waals surface area contributed by atoms with Gasteiger partial charge in [-0.25, -0.2) is 0 Å². The van der Waals surface area contributed by atoms with E-state index >= 15 is 0 Å². The number of carbonyl (C=O) groups excluding carboxylic acids is 1. The second-order valence-corrected chi connectivity index (χ2v) is 2.59. The molecule has 0 amide bonds. The summed E-state index contributed by atoms with van der Waals surface area (Å²) in [6.07, 6.45) is -0.418. The van der Waals surface area contributed by atoms with Gasteiger partial charge in [-0.3, -0.25) is 9.59 Å². The van der Waals surface area contributed by atoms with Gasteiger partial charge in [0, 0.05) is 6.42 Å². The molecule has 0 saturated carbocycles. The molecule has 1 unspecified atom stereocenters. The SMILES string of the molecule is [2H]C(Br)(CC(=O)CN)C(=O)O. The highest BCUT2D eigenvalue weighted by molar-refractivity contribution is 9.10. The summed E-state index contributed by atoms with van der Waals surface area (Å²) in [6, 6.07) is 0. The molecule has 0 aliphatic rings. The summed E-state index contributed by atoms with van der Waals surface area (Å²) < 4.78 is 7.06. The maximum Gasteiger partial charge on any atom is 0.317 e. The van der Waals surface area contributed by atoms with Crippen molar-refractivity contribution >= 4 is 27.7 Å². The number of aliphatic carboxylic acids is 1. The van der Waals surface area contributed by atoms with E-state index in [4.69, 9.17) is 12.2 Å². The predicted octanol–water partition coefficient (Wildman–Crippen LogP) is -0.248. The summed E-state index contributed by atoms with van der Waals surface area (Å²) >= 11 is 2.58. The fourth-order valence-electron chi connectivity index (χ4n) is 0.321. The average Bonchev–Trinajstić information content (AvgIpc) is 1.86. The third-order valence-corrected chi connectivity index (χ3v) is 1.43. The second kappa shape index (κ2) is 4.40. The normalized spacial score (nSPS) is 17.2. The topological polar surface area (TPSA) is 80.4 Å². The van der Waals surface area contributed by atoms with E-state index in [0.717, 1.165) is 0 Å². The fourth-order valence-corrected chi connectivity index (χ4v) is 0.634. The van der Waals surface area contributed by atoms with Crippen molar-refractivity contribution in [3.8, 4) is 0 Å². The monoisotopic (exact) mass is 210 g/mol. The Morgan fingerprint density at radius 3 is 2.60 bits per heavy atom. The van der Waals surface area contributed by atoms with E-state index in [9.17, 15) is 9.59 Å². The molecule has 0 rings (SSSR count). The Bertz CT molecular complexity index is 183. The van der Waals surface area contributed by atoms with E-state index in [1.807, 2.05) is 0 Å². The quantitative estimate of drug-likeness (QED) is 0.628. The van der Waals surface area contributed by atoms with Crippen LogP contribution in [0.25, 0.3) is 0 Å². The molecular weight excluding hydrogens is 202 g/mol. The summed E-state index contributed by atoms with van der Waals surface area (Å²) in [5.74, 6) is -1.85. The molecule has 4 nitrogen and oxygen atoms in total. The molecule has 0 aromatic heterocycles. The number of carboxylic acids is 1. The first-order valence-corrected chi connectivity index (χ1v) is 3.33. The molecule has 0 spiro atoms. The molecule has 10 heavy (non-hydrogen) atoms. The van der Waals surface area contributed by atoms with Crippen LogP contribution in [0.1, 0.15) is 7.79 Å². The minimum absolute atomic E-state index is 0.237. The Balaban J connectivity index is 4.12. The number of nitrogens with two attached hydrogens (primary N) is 1. The Kier molecular flexibility index (Phi) is 3.38. The molecule has 0 saturated heterocycles. The zero-order valence-corrected chi connectivity index (χ0v) is 6.72. The van der Waals surface area contributed by atoms with Crippen molar-refractivity contribution in [3.63, 3.8) is 0 Å². The minimum atomic E-state index is -1.93. The van der Waals surface area contributed by atoms with Gasteiger partial charge in [0.2, 0.25) is 0 Å². The van der Waals surface area contributed by atoms with Crippen molar-refractivity contribution in [2.75, 3.05) is 6.54 Å². The van der Waals surface area contributed by atoms with Gasteiger partial charge in [-0.15, -0.1) is 0 Å². The number of carboxylic acid groups (broad SMARTS) is 1. The number of Topliss-reactive ketones (excluding diaryl/α,β-unsaturated/α-hetero) is 1. The molecule has 1 atom stereocenters. The molecule has 0 radical (unpaired) electrons. The van der Waals surface area contributed by atoms with E-state index in [1.54, 1.807) is 0 Å². The lowest BCUT2D eigenvalue weighted by atomic mass is 10.2. The zero-order chi connectivity index (χ0) is 9.07. The first kappa shape index (κ1) is 7.68. The van der Waals surface area contributed by atoms with E-state index in [0.29, 0.717) is 0 Å². The van der Waals surface area contributed by atoms with Gasteiger partial charge in [0.25, 0.3) is 0 Å². The van der Waals surface area contributed by atoms with Crippen LogP contribution in [0.5, 0.6) is 0 Å². The second-order valence-electron chi connectivity index (χ2n) is 1.63. The molecule has 0 aromatic rings. The Hall–Kier alpha value is -0.420. The van der Waals surface area contributed by atoms with Crippen molar-refractivity contribution in [3.05, 3.63) is 0 Å². The molecule has 58 valence electrons. The number of carbonyl (C=O) groups is 2. The molecule has 0 aliphatic carbocycles. The van der Waals surface area contributed by atoms with Crippen LogP contribution in [0.15, 0.2) is 0 Å². The van der Waals surface area contributed by atoms with Crippen molar-refractivity contribution in [1.29, 1.82) is 0 Å². The number of hydrogen-bond acceptors (Lipinski definition) is 3. The number of alkyl halides is 1. The lowest BCUT2D eigenvalue weighted by Gasteiger charge is -1.99. The molecular formula is C5H8BrNO3. The number of ketones is 1. The van der Waals surface area contributed by atoms with Crippen molar-refractivity contribution < 1.29 is 16.1 Å². The molecule has 3 N–H and O–H groups in total. The van der Waals surface area contributed by atoms with Gasteiger partial charge in [-0.1, -0.05) is 15.9 Å². The van der Waals surface area contributed by atoms with Crippen molar-refractivity contribution in [2.45, 2.75) is 11.2 Å². The van der Waals surface area contributed by atoms with Gasteiger partial charge in [0.05, 0.1) is 7.92 Å². The molecule has 0 aliphatic heterocycles. The van der Waals surface area contributed by atoms with Gasteiger partial charge in [-0.2, -0.15) is 0 Å². The van der Waals surface area contributed by atoms with Crippen LogP contribution < -0.4 is 5.73 Å². The standard InChI is InChI=1S/C5H8BrNO3/c6-4(5(9)10)1-3(8)2-7/h4H,1-2,7H2,(H,9,10)/i4D. The van der Waals surface area contributed by atoms with Gasteiger partial charge in [0.1, 0.15) is 10.6 Å². The first-order valence-electron chi connectivity index (χ1n) is 3.04. The molecule has 5 heteroatoms. The van der Waals surface area contributed by atoms with Crippen LogP contribution >= 0.6 is 15.9 Å². The number of halogens is 1. The summed E-state index contributed by atoms with van der Waals surface area (Å²) in [7, 11) is 0. The average molecular weight is 211 g/mol. The summed E-state index contributed by atoms with van der Waals surface area (Å²) in [6.45, 7) is -0.237. The third-order valence-electron chi connectivity index (χ3n) is 0.812. The van der Waals surface area contributed by atoms with Crippen molar-refractivity contribution in [1.82, 2.24) is 0 Å². The van der Waals surface area contributed by atoms with E-state index in [-0.39, 0.29) is 6.54 Å². The molecule has 0 bridgehead atoms. The van der Waals surface area contributed by atoms with E-state index < -0.39 is 23.0 Å². The Morgan fingerprint density at radius 1 is 1.80 bits per heavy atom. The van der Waals surface area contributed by atoms with Gasteiger partial charge >= 0.3 is 5.97 Å². The lowest BCUT2D eigenvalue weighted by Crippen LogP contribution is -2.22. The Morgan fingerprint density at radius 2 is 2.30 bits per heavy atom. The van der Waals surface area contributed by atoms with Crippen LogP contribution in [-0.4, -0.2) is 28.2 Å². The van der Waals surface area contributed by atoms with Crippen LogP contribution in [0.3, 0.4) is 0 Å². The van der Waals surface area contributed by atoms with E-state index in [2.05, 4.69) is 15.9 Å². The molecule has 0 heterocycles. The van der Waals surface area contributed by atoms with Gasteiger partial charge < -0.3 is 10.8 Å². The van der Waals surface area contributed by atoms with Crippen LogP contribution in [0.2, 0.25) is 0 Å². The highest BCUT2D eigenvalue weighted by Crippen LogP contribution is 2.04. The number of hydrogen-bond donors (Lipinski definition) is 2. The summed E-state index contributed by atoms with van der Waals surface area (Å²) in [5.41, 5.74) is 4.93. The van der Waals surface area contributed by atoms with Crippen molar-refractivity contribution in [2.24, 2.45) is 5.73 Å². The number of rotatable bonds is 4. The fraction of sp³-hybridized carbons (Fsp3) is 0.600. The first-order chi connectivity index (χ1) is 4.90. The maximum atomic E-state index is 10.6. The third kappa shape index (κ3) is 3.58. The van der Waals surface area contributed by atoms with Crippen LogP contribution in [0, 0.1) is 0 Å².